The lowest BCUT2D eigenvalue weighted by Gasteiger charge is -2.49. The highest BCUT2D eigenvalue weighted by Gasteiger charge is 2.52. The molecule has 5 rings (SSSR count). The molecular formula is C26H33FN4O3. The number of halogens is 1. The van der Waals surface area contributed by atoms with Crippen molar-refractivity contribution >= 4 is 34.3 Å². The van der Waals surface area contributed by atoms with E-state index in [4.69, 9.17) is 0 Å². The second-order valence-electron chi connectivity index (χ2n) is 10.3. The van der Waals surface area contributed by atoms with Crippen molar-refractivity contribution < 1.29 is 18.8 Å². The van der Waals surface area contributed by atoms with Crippen molar-refractivity contribution in [3.05, 3.63) is 29.7 Å². The van der Waals surface area contributed by atoms with Crippen LogP contribution in [0.3, 0.4) is 0 Å². The molecule has 3 aliphatic rings. The molecular weight excluding hydrogens is 435 g/mol. The number of carbonyl (C=O) groups excluding carboxylic acids is 3. The Bertz CT molecular complexity index is 1150. The fourth-order valence-corrected chi connectivity index (χ4v) is 6.24. The first-order valence-corrected chi connectivity index (χ1v) is 12.5. The van der Waals surface area contributed by atoms with E-state index in [9.17, 15) is 18.8 Å². The van der Waals surface area contributed by atoms with Gasteiger partial charge in [0.05, 0.1) is 17.7 Å². The van der Waals surface area contributed by atoms with Gasteiger partial charge in [0.15, 0.2) is 0 Å². The van der Waals surface area contributed by atoms with E-state index in [1.54, 1.807) is 15.5 Å². The molecule has 0 saturated heterocycles. The van der Waals surface area contributed by atoms with Gasteiger partial charge in [0, 0.05) is 24.4 Å². The van der Waals surface area contributed by atoms with Gasteiger partial charge in [0.25, 0.3) is 5.91 Å². The van der Waals surface area contributed by atoms with E-state index in [1.807, 2.05) is 6.92 Å². The Morgan fingerprint density at radius 1 is 1.06 bits per heavy atom. The summed E-state index contributed by atoms with van der Waals surface area (Å²) < 4.78 is 16.0. The van der Waals surface area contributed by atoms with Gasteiger partial charge in [-0.15, -0.1) is 0 Å². The summed E-state index contributed by atoms with van der Waals surface area (Å²) in [6, 6.07) is 4.41. The molecule has 1 atom stereocenters. The molecule has 34 heavy (non-hydrogen) atoms. The first-order valence-electron chi connectivity index (χ1n) is 12.5. The third-order valence-corrected chi connectivity index (χ3v) is 7.86. The van der Waals surface area contributed by atoms with Crippen molar-refractivity contribution in [1.29, 1.82) is 0 Å². The molecule has 3 amide bonds. The average molecular weight is 469 g/mol. The number of nitrogens with one attached hydrogen (secondary N) is 2. The molecule has 0 bridgehead atoms. The molecule has 1 aromatic heterocycles. The normalized spacial score (nSPS) is 23.9. The minimum atomic E-state index is -1.08. The van der Waals surface area contributed by atoms with Crippen LogP contribution in [0.4, 0.5) is 10.1 Å². The van der Waals surface area contributed by atoms with Crippen LogP contribution in [-0.2, 0) is 16.1 Å². The summed E-state index contributed by atoms with van der Waals surface area (Å²) in [4.78, 5) is 41.8. The summed E-state index contributed by atoms with van der Waals surface area (Å²) in [6.45, 7) is 3.49. The van der Waals surface area contributed by atoms with Crippen molar-refractivity contribution in [2.75, 3.05) is 5.32 Å². The van der Waals surface area contributed by atoms with Crippen molar-refractivity contribution in [2.24, 2.45) is 0 Å². The molecule has 2 aromatic rings. The number of rotatable bonds is 4. The second kappa shape index (κ2) is 8.71. The molecule has 1 unspecified atom stereocenters. The Hall–Kier alpha value is -2.90. The molecule has 2 saturated carbocycles. The highest BCUT2D eigenvalue weighted by molar-refractivity contribution is 6.14. The van der Waals surface area contributed by atoms with Crippen LogP contribution in [0.15, 0.2) is 18.2 Å². The summed E-state index contributed by atoms with van der Waals surface area (Å²) in [6.07, 6.45) is 8.98. The number of nitrogens with zero attached hydrogens (tertiary/aromatic N) is 2. The lowest BCUT2D eigenvalue weighted by molar-refractivity contribution is -0.135. The standard InChI is InChI=1S/C26H33FN4O3/c1-16(32)28-22-20-14-17(27)12-13-21(20)30-15-26(2,25(34)29-18-8-6-7-9-18)31(24(33)23(22)30)19-10-4-3-5-11-19/h12-14,18-19H,3-11,15H2,1-2H3,(H,28,32)(H,29,34). The van der Waals surface area contributed by atoms with Gasteiger partial charge in [-0.2, -0.15) is 0 Å². The molecule has 2 fully saturated rings. The topological polar surface area (TPSA) is 83.4 Å². The summed E-state index contributed by atoms with van der Waals surface area (Å²) >= 11 is 0. The molecule has 0 radical (unpaired) electrons. The van der Waals surface area contributed by atoms with Crippen molar-refractivity contribution in [3.8, 4) is 0 Å². The number of hydrogen-bond acceptors (Lipinski definition) is 3. The Labute approximate surface area is 199 Å². The molecule has 1 aromatic carbocycles. The Kier molecular flexibility index (Phi) is 5.86. The smallest absolute Gasteiger partial charge is 0.273 e. The number of amides is 3. The Balaban J connectivity index is 1.66. The molecule has 1 aliphatic heterocycles. The van der Waals surface area contributed by atoms with Gasteiger partial charge >= 0.3 is 0 Å². The van der Waals surface area contributed by atoms with Gasteiger partial charge < -0.3 is 20.1 Å². The van der Waals surface area contributed by atoms with Gasteiger partial charge in [-0.3, -0.25) is 14.4 Å². The highest BCUT2D eigenvalue weighted by atomic mass is 19.1. The maximum Gasteiger partial charge on any atom is 0.273 e. The van der Waals surface area contributed by atoms with Crippen LogP contribution in [0.2, 0.25) is 0 Å². The molecule has 2 heterocycles. The monoisotopic (exact) mass is 468 g/mol. The largest absolute Gasteiger partial charge is 0.351 e. The summed E-state index contributed by atoms with van der Waals surface area (Å²) in [5.41, 5.74) is 0.206. The zero-order chi connectivity index (χ0) is 24.0. The van der Waals surface area contributed by atoms with E-state index < -0.39 is 11.4 Å². The van der Waals surface area contributed by atoms with Crippen LogP contribution in [0.1, 0.15) is 82.1 Å². The second-order valence-corrected chi connectivity index (χ2v) is 10.3. The molecule has 2 N–H and O–H groups in total. The minimum absolute atomic E-state index is 0.0470. The van der Waals surface area contributed by atoms with Crippen molar-refractivity contribution in [1.82, 2.24) is 14.8 Å². The fourth-order valence-electron chi connectivity index (χ4n) is 6.24. The highest BCUT2D eigenvalue weighted by Crippen LogP contribution is 2.42. The molecule has 8 heteroatoms. The summed E-state index contributed by atoms with van der Waals surface area (Å²) in [5.74, 6) is -1.18. The number of anilines is 1. The Morgan fingerprint density at radius 3 is 2.41 bits per heavy atom. The lowest BCUT2D eigenvalue weighted by Crippen LogP contribution is -2.67. The van der Waals surface area contributed by atoms with Gasteiger partial charge in [0.1, 0.15) is 17.1 Å². The predicted molar refractivity (Wildman–Crippen MR) is 128 cm³/mol. The fraction of sp³-hybridized carbons (Fsp3) is 0.577. The maximum absolute atomic E-state index is 14.2. The number of aromatic nitrogens is 1. The van der Waals surface area contributed by atoms with Crippen LogP contribution in [0.5, 0.6) is 0 Å². The maximum atomic E-state index is 14.2. The van der Waals surface area contributed by atoms with Gasteiger partial charge in [-0.05, 0) is 50.8 Å². The number of hydrogen-bond donors (Lipinski definition) is 2. The number of fused-ring (bicyclic) bond motifs is 3. The summed E-state index contributed by atoms with van der Waals surface area (Å²) in [7, 11) is 0. The number of carbonyl (C=O) groups is 3. The van der Waals surface area contributed by atoms with E-state index in [-0.39, 0.29) is 36.3 Å². The van der Waals surface area contributed by atoms with E-state index in [2.05, 4.69) is 10.6 Å². The number of benzene rings is 1. The average Bonchev–Trinajstić information content (AvgIpc) is 3.40. The first-order chi connectivity index (χ1) is 16.3. The molecule has 7 nitrogen and oxygen atoms in total. The first kappa shape index (κ1) is 22.9. The lowest BCUT2D eigenvalue weighted by atomic mass is 9.86. The third kappa shape index (κ3) is 3.77. The van der Waals surface area contributed by atoms with E-state index >= 15 is 0 Å². The van der Waals surface area contributed by atoms with E-state index in [1.165, 1.54) is 19.1 Å². The van der Waals surface area contributed by atoms with Crippen LogP contribution in [0.25, 0.3) is 10.9 Å². The minimum Gasteiger partial charge on any atom is -0.351 e. The predicted octanol–water partition coefficient (Wildman–Crippen LogP) is 4.34. The molecule has 182 valence electrons. The van der Waals surface area contributed by atoms with Crippen LogP contribution in [0, 0.1) is 5.82 Å². The van der Waals surface area contributed by atoms with Crippen LogP contribution in [-0.4, -0.2) is 44.8 Å². The van der Waals surface area contributed by atoms with Crippen LogP contribution >= 0.6 is 0 Å². The van der Waals surface area contributed by atoms with Crippen molar-refractivity contribution in [3.63, 3.8) is 0 Å². The quantitative estimate of drug-likeness (QED) is 0.700. The zero-order valence-corrected chi connectivity index (χ0v) is 20.0. The van der Waals surface area contributed by atoms with Gasteiger partial charge in [0.2, 0.25) is 11.8 Å². The zero-order valence-electron chi connectivity index (χ0n) is 20.0. The van der Waals surface area contributed by atoms with Crippen molar-refractivity contribution in [2.45, 2.75) is 95.8 Å². The van der Waals surface area contributed by atoms with Crippen LogP contribution < -0.4 is 10.6 Å². The third-order valence-electron chi connectivity index (χ3n) is 7.86. The van der Waals surface area contributed by atoms with Gasteiger partial charge in [-0.1, -0.05) is 32.1 Å². The van der Waals surface area contributed by atoms with Gasteiger partial charge in [-0.25, -0.2) is 4.39 Å². The Morgan fingerprint density at radius 2 is 1.74 bits per heavy atom. The molecule has 0 spiro atoms. The van der Waals surface area contributed by atoms with E-state index in [0.29, 0.717) is 22.3 Å². The SMILES string of the molecule is CC(=O)Nc1c2n(c3ccc(F)cc13)CC(C)(C(=O)NC1CCCC1)N(C1CCCCC1)C2=O. The summed E-state index contributed by atoms with van der Waals surface area (Å²) in [5, 5.41) is 6.48. The van der Waals surface area contributed by atoms with E-state index in [0.717, 1.165) is 57.8 Å². The molecule has 2 aliphatic carbocycles.